The summed E-state index contributed by atoms with van der Waals surface area (Å²) >= 11 is 1.79. The number of hydrogen-bond donors (Lipinski definition) is 2. The van der Waals surface area contributed by atoms with Gasteiger partial charge in [0.05, 0.1) is 18.0 Å². The summed E-state index contributed by atoms with van der Waals surface area (Å²) in [4.78, 5) is 15.1. The Hall–Kier alpha value is -1.85. The van der Waals surface area contributed by atoms with Gasteiger partial charge in [-0.1, -0.05) is 6.07 Å². The van der Waals surface area contributed by atoms with Gasteiger partial charge in [0, 0.05) is 18.5 Å². The first-order chi connectivity index (χ1) is 11.3. The predicted molar refractivity (Wildman–Crippen MR) is 93.2 cm³/mol. The van der Waals surface area contributed by atoms with Crippen LogP contribution in [0.4, 0.5) is 5.69 Å². The monoisotopic (exact) mass is 331 g/mol. The normalized spacial score (nSPS) is 20.4. The number of quaternary nitrogens is 1. The third-order valence-electron chi connectivity index (χ3n) is 4.21. The maximum atomic E-state index is 12.3. The van der Waals surface area contributed by atoms with Crippen LogP contribution in [0, 0.1) is 0 Å². The zero-order chi connectivity index (χ0) is 16.1. The molecule has 2 aromatic rings. The molecule has 2 atom stereocenters. The van der Waals surface area contributed by atoms with Crippen molar-refractivity contribution in [2.45, 2.75) is 25.8 Å². The number of carbonyl (C=O) groups is 1. The van der Waals surface area contributed by atoms with Crippen LogP contribution >= 0.6 is 11.3 Å². The van der Waals surface area contributed by atoms with Gasteiger partial charge in [-0.2, -0.15) is 0 Å². The Balaban J connectivity index is 1.56. The van der Waals surface area contributed by atoms with Gasteiger partial charge in [0.15, 0.2) is 6.54 Å². The molecule has 1 saturated heterocycles. The van der Waals surface area contributed by atoms with Crippen molar-refractivity contribution < 1.29 is 14.4 Å². The van der Waals surface area contributed by atoms with E-state index in [1.807, 2.05) is 31.2 Å². The summed E-state index contributed by atoms with van der Waals surface area (Å²) in [7, 11) is 0. The summed E-state index contributed by atoms with van der Waals surface area (Å²) in [6, 6.07) is 12.3. The topological polar surface area (TPSA) is 42.8 Å². The molecule has 0 aliphatic carbocycles. The second-order valence-corrected chi connectivity index (χ2v) is 6.78. The molecule has 2 N–H and O–H groups in total. The van der Waals surface area contributed by atoms with Crippen molar-refractivity contribution >= 4 is 22.9 Å². The van der Waals surface area contributed by atoms with E-state index in [-0.39, 0.29) is 5.91 Å². The van der Waals surface area contributed by atoms with Gasteiger partial charge in [0.2, 0.25) is 0 Å². The van der Waals surface area contributed by atoms with Gasteiger partial charge in [-0.15, -0.1) is 11.3 Å². The molecule has 0 bridgehead atoms. The summed E-state index contributed by atoms with van der Waals surface area (Å²) in [5.41, 5.74) is 0.824. The second-order valence-electron chi connectivity index (χ2n) is 5.80. The molecule has 23 heavy (non-hydrogen) atoms. The number of rotatable bonds is 6. The highest BCUT2D eigenvalue weighted by Gasteiger charge is 2.32. The highest BCUT2D eigenvalue weighted by atomic mass is 32.1. The SMILES string of the molecule is CCOc1ccc(NC(=O)C[NH+]2CCC[C@H]2c2cccs2)cc1. The Morgan fingerprint density at radius 1 is 1.35 bits per heavy atom. The van der Waals surface area contributed by atoms with Crippen LogP contribution in [0.15, 0.2) is 41.8 Å². The molecule has 1 aromatic heterocycles. The van der Waals surface area contributed by atoms with Crippen LogP contribution in [0.2, 0.25) is 0 Å². The van der Waals surface area contributed by atoms with E-state index in [0.717, 1.165) is 18.0 Å². The number of carbonyl (C=O) groups excluding carboxylic acids is 1. The molecule has 1 amide bonds. The number of likely N-dealkylation sites (tertiary alicyclic amines) is 1. The highest BCUT2D eigenvalue weighted by Crippen LogP contribution is 2.23. The number of benzene rings is 1. The van der Waals surface area contributed by atoms with E-state index < -0.39 is 0 Å². The lowest BCUT2D eigenvalue weighted by Gasteiger charge is -2.20. The fourth-order valence-corrected chi connectivity index (χ4v) is 4.09. The van der Waals surface area contributed by atoms with Crippen LogP contribution in [-0.4, -0.2) is 25.6 Å². The van der Waals surface area contributed by atoms with Gasteiger partial charge < -0.3 is 15.0 Å². The molecule has 1 unspecified atom stereocenters. The molecule has 2 heterocycles. The fraction of sp³-hybridized carbons (Fsp3) is 0.389. The quantitative estimate of drug-likeness (QED) is 0.854. The lowest BCUT2D eigenvalue weighted by Crippen LogP contribution is -3.11. The van der Waals surface area contributed by atoms with E-state index in [1.54, 1.807) is 11.3 Å². The van der Waals surface area contributed by atoms with Crippen LogP contribution in [0.5, 0.6) is 5.75 Å². The Morgan fingerprint density at radius 3 is 2.87 bits per heavy atom. The zero-order valence-corrected chi connectivity index (χ0v) is 14.2. The van der Waals surface area contributed by atoms with Crippen molar-refractivity contribution in [1.82, 2.24) is 0 Å². The van der Waals surface area contributed by atoms with E-state index in [2.05, 4.69) is 22.8 Å². The Kier molecular flexibility index (Phi) is 5.31. The third kappa shape index (κ3) is 4.12. The summed E-state index contributed by atoms with van der Waals surface area (Å²) in [6.07, 6.45) is 2.36. The minimum absolute atomic E-state index is 0.0765. The minimum atomic E-state index is 0.0765. The lowest BCUT2D eigenvalue weighted by molar-refractivity contribution is -0.910. The summed E-state index contributed by atoms with van der Waals surface area (Å²) in [6.45, 7) is 4.20. The molecule has 1 aromatic carbocycles. The second kappa shape index (κ2) is 7.62. The molecule has 1 fully saturated rings. The maximum Gasteiger partial charge on any atom is 0.279 e. The van der Waals surface area contributed by atoms with Crippen molar-refractivity contribution in [3.05, 3.63) is 46.7 Å². The van der Waals surface area contributed by atoms with Crippen LogP contribution in [0.3, 0.4) is 0 Å². The molecule has 3 rings (SSSR count). The van der Waals surface area contributed by atoms with Gasteiger partial charge in [-0.3, -0.25) is 4.79 Å². The molecule has 0 spiro atoms. The van der Waals surface area contributed by atoms with E-state index in [0.29, 0.717) is 19.2 Å². The fourth-order valence-electron chi connectivity index (χ4n) is 3.17. The minimum Gasteiger partial charge on any atom is -0.494 e. The Bertz CT molecular complexity index is 625. The smallest absolute Gasteiger partial charge is 0.279 e. The van der Waals surface area contributed by atoms with Crippen LogP contribution in [0.1, 0.15) is 30.7 Å². The molecule has 4 nitrogen and oxygen atoms in total. The molecule has 122 valence electrons. The summed E-state index contributed by atoms with van der Waals surface area (Å²) in [5, 5.41) is 5.11. The molecule has 0 radical (unpaired) electrons. The van der Waals surface area contributed by atoms with Crippen molar-refractivity contribution in [3.63, 3.8) is 0 Å². The number of ether oxygens (including phenoxy) is 1. The van der Waals surface area contributed by atoms with E-state index in [4.69, 9.17) is 4.74 Å². The van der Waals surface area contributed by atoms with E-state index in [1.165, 1.54) is 22.6 Å². The highest BCUT2D eigenvalue weighted by molar-refractivity contribution is 7.10. The molecule has 1 aliphatic rings. The molecular weight excluding hydrogens is 308 g/mol. The molecule has 0 saturated carbocycles. The predicted octanol–water partition coefficient (Wildman–Crippen LogP) is 2.51. The molecule has 5 heteroatoms. The van der Waals surface area contributed by atoms with Crippen molar-refractivity contribution in [3.8, 4) is 5.75 Å². The zero-order valence-electron chi connectivity index (χ0n) is 13.4. The van der Waals surface area contributed by atoms with Crippen molar-refractivity contribution in [1.29, 1.82) is 0 Å². The van der Waals surface area contributed by atoms with Gasteiger partial charge >= 0.3 is 0 Å². The number of thiophene rings is 1. The summed E-state index contributed by atoms with van der Waals surface area (Å²) in [5.74, 6) is 0.904. The third-order valence-corrected chi connectivity index (χ3v) is 5.19. The van der Waals surface area contributed by atoms with Crippen LogP contribution < -0.4 is 15.0 Å². The summed E-state index contributed by atoms with van der Waals surface area (Å²) < 4.78 is 5.41. The Labute approximate surface area is 141 Å². The van der Waals surface area contributed by atoms with Gasteiger partial charge in [0.1, 0.15) is 11.8 Å². The average molecular weight is 331 g/mol. The first kappa shape index (κ1) is 16.0. The van der Waals surface area contributed by atoms with Gasteiger partial charge in [0.25, 0.3) is 5.91 Å². The van der Waals surface area contributed by atoms with Gasteiger partial charge in [-0.25, -0.2) is 0 Å². The van der Waals surface area contributed by atoms with Gasteiger partial charge in [-0.05, 0) is 42.6 Å². The van der Waals surface area contributed by atoms with E-state index >= 15 is 0 Å². The van der Waals surface area contributed by atoms with Crippen molar-refractivity contribution in [2.75, 3.05) is 25.0 Å². The number of nitrogens with one attached hydrogen (secondary N) is 2. The Morgan fingerprint density at radius 2 is 2.17 bits per heavy atom. The standard InChI is InChI=1S/C18H22N2O2S/c1-2-22-15-9-7-14(8-10-15)19-18(21)13-20-11-3-5-16(20)17-6-4-12-23-17/h4,6-10,12,16H,2-3,5,11,13H2,1H3,(H,19,21)/p+1/t16-/m0/s1. The van der Waals surface area contributed by atoms with Crippen LogP contribution in [-0.2, 0) is 4.79 Å². The lowest BCUT2D eigenvalue weighted by atomic mass is 10.2. The number of amides is 1. The first-order valence-electron chi connectivity index (χ1n) is 8.17. The number of anilines is 1. The molecular formula is C18H23N2O2S+. The van der Waals surface area contributed by atoms with Crippen LogP contribution in [0.25, 0.3) is 0 Å². The largest absolute Gasteiger partial charge is 0.494 e. The van der Waals surface area contributed by atoms with E-state index in [9.17, 15) is 4.79 Å². The number of hydrogen-bond acceptors (Lipinski definition) is 3. The maximum absolute atomic E-state index is 12.3. The first-order valence-corrected chi connectivity index (χ1v) is 9.05. The van der Waals surface area contributed by atoms with Crippen molar-refractivity contribution in [2.24, 2.45) is 0 Å². The molecule has 1 aliphatic heterocycles. The average Bonchev–Trinajstić information content (AvgIpc) is 3.20.